The molecule has 34 heavy (non-hydrogen) atoms. The lowest BCUT2D eigenvalue weighted by Gasteiger charge is -2.42. The lowest BCUT2D eigenvalue weighted by atomic mass is 9.81. The van der Waals surface area contributed by atoms with Crippen molar-refractivity contribution >= 4 is 21.9 Å². The van der Waals surface area contributed by atoms with Crippen LogP contribution in [0.2, 0.25) is 0 Å². The first-order chi connectivity index (χ1) is 16.3. The van der Waals surface area contributed by atoms with E-state index in [1.54, 1.807) is 19.1 Å². The molecule has 0 amide bonds. The molecule has 0 atom stereocenters. The van der Waals surface area contributed by atoms with Crippen molar-refractivity contribution in [3.8, 4) is 0 Å². The molecule has 0 bridgehead atoms. The first kappa shape index (κ1) is 23.8. The van der Waals surface area contributed by atoms with E-state index >= 15 is 0 Å². The molecule has 4 rings (SSSR count). The van der Waals surface area contributed by atoms with E-state index in [1.165, 1.54) is 16.7 Å². The molecule has 1 aromatic heterocycles. The molecule has 0 unspecified atom stereocenters. The third-order valence-corrected chi connectivity index (χ3v) is 7.99. The van der Waals surface area contributed by atoms with Gasteiger partial charge in [-0.15, -0.1) is 0 Å². The third kappa shape index (κ3) is 4.95. The summed E-state index contributed by atoms with van der Waals surface area (Å²) in [6.45, 7) is 4.64. The zero-order valence-electron chi connectivity index (χ0n) is 19.3. The van der Waals surface area contributed by atoms with Crippen LogP contribution in [0.15, 0.2) is 71.9 Å². The van der Waals surface area contributed by atoms with Gasteiger partial charge >= 0.3 is 5.97 Å². The maximum Gasteiger partial charge on any atom is 0.341 e. The van der Waals surface area contributed by atoms with Crippen LogP contribution in [0.3, 0.4) is 0 Å². The molecule has 0 spiro atoms. The number of piperidine rings is 1. The maximum absolute atomic E-state index is 13.2. The second kappa shape index (κ2) is 9.90. The molecule has 1 aliphatic heterocycles. The first-order valence-corrected chi connectivity index (χ1v) is 12.7. The van der Waals surface area contributed by atoms with Gasteiger partial charge in [-0.1, -0.05) is 48.0 Å². The Morgan fingerprint density at radius 3 is 2.24 bits per heavy atom. The number of ether oxygens (including phenoxy) is 1. The van der Waals surface area contributed by atoms with E-state index in [0.717, 1.165) is 11.1 Å². The lowest BCUT2D eigenvalue weighted by Crippen LogP contribution is -2.49. The number of anilines is 1. The quantitative estimate of drug-likeness (QED) is 0.514. The minimum Gasteiger partial charge on any atom is -0.462 e. The van der Waals surface area contributed by atoms with Gasteiger partial charge in [-0.3, -0.25) is 0 Å². The summed E-state index contributed by atoms with van der Waals surface area (Å²) >= 11 is 0. The largest absolute Gasteiger partial charge is 0.462 e. The Bertz CT molecular complexity index is 1220. The Hall–Kier alpha value is -3.30. The van der Waals surface area contributed by atoms with Crippen molar-refractivity contribution in [1.82, 2.24) is 14.3 Å². The van der Waals surface area contributed by atoms with Crippen LogP contribution in [0, 0.1) is 6.92 Å². The molecule has 1 N–H and O–H groups in total. The molecule has 1 saturated heterocycles. The van der Waals surface area contributed by atoms with E-state index in [0.29, 0.717) is 36.8 Å². The summed E-state index contributed by atoms with van der Waals surface area (Å²) in [5.41, 5.74) is 1.77. The number of aryl methyl sites for hydroxylation is 1. The Labute approximate surface area is 200 Å². The number of aromatic nitrogens is 2. The van der Waals surface area contributed by atoms with Gasteiger partial charge in [-0.25, -0.2) is 23.2 Å². The summed E-state index contributed by atoms with van der Waals surface area (Å²) in [4.78, 5) is 20.8. The second-order valence-electron chi connectivity index (χ2n) is 8.31. The summed E-state index contributed by atoms with van der Waals surface area (Å²) in [5, 5.41) is 3.43. The fourth-order valence-corrected chi connectivity index (χ4v) is 5.58. The van der Waals surface area contributed by atoms with Gasteiger partial charge in [0.15, 0.2) is 0 Å². The minimum absolute atomic E-state index is 0.276. The number of sulfonamides is 1. The van der Waals surface area contributed by atoms with E-state index in [2.05, 4.69) is 15.3 Å². The van der Waals surface area contributed by atoms with Crippen LogP contribution in [0.4, 0.5) is 5.95 Å². The number of esters is 1. The molecular weight excluding hydrogens is 452 g/mol. The Kier molecular flexibility index (Phi) is 6.95. The molecule has 0 saturated carbocycles. The first-order valence-electron chi connectivity index (χ1n) is 11.2. The van der Waals surface area contributed by atoms with Gasteiger partial charge in [-0.2, -0.15) is 4.31 Å². The van der Waals surface area contributed by atoms with E-state index < -0.39 is 21.5 Å². The van der Waals surface area contributed by atoms with Crippen LogP contribution >= 0.6 is 0 Å². The minimum atomic E-state index is -3.58. The number of benzene rings is 2. The van der Waals surface area contributed by atoms with Gasteiger partial charge in [0.05, 0.1) is 22.6 Å². The van der Waals surface area contributed by atoms with Crippen molar-refractivity contribution < 1.29 is 17.9 Å². The highest BCUT2D eigenvalue weighted by Crippen LogP contribution is 2.37. The third-order valence-electron chi connectivity index (χ3n) is 6.08. The molecule has 0 aliphatic carbocycles. The van der Waals surface area contributed by atoms with Gasteiger partial charge in [0.2, 0.25) is 16.0 Å². The number of hydrogen-bond donors (Lipinski definition) is 1. The monoisotopic (exact) mass is 480 g/mol. The van der Waals surface area contributed by atoms with Crippen molar-refractivity contribution in [3.05, 3.63) is 83.7 Å². The fraction of sp³-hybridized carbons (Fsp3) is 0.320. The van der Waals surface area contributed by atoms with E-state index in [4.69, 9.17) is 4.74 Å². The molecular formula is C25H28N4O4S. The maximum atomic E-state index is 13.2. The molecule has 1 fully saturated rings. The van der Waals surface area contributed by atoms with E-state index in [9.17, 15) is 13.2 Å². The Morgan fingerprint density at radius 1 is 1.03 bits per heavy atom. The highest BCUT2D eigenvalue weighted by atomic mass is 32.2. The van der Waals surface area contributed by atoms with Crippen molar-refractivity contribution in [2.75, 3.05) is 25.0 Å². The summed E-state index contributed by atoms with van der Waals surface area (Å²) < 4.78 is 32.9. The number of carbonyl (C=O) groups is 1. The predicted octanol–water partition coefficient (Wildman–Crippen LogP) is 3.75. The lowest BCUT2D eigenvalue weighted by molar-refractivity contribution is 0.0525. The van der Waals surface area contributed by atoms with Crippen LogP contribution in [-0.2, 0) is 20.3 Å². The average molecular weight is 481 g/mol. The Balaban J connectivity index is 1.56. The molecule has 178 valence electrons. The number of rotatable bonds is 7. The standard InChI is InChI=1S/C25H28N4O4S/c1-3-33-23(30)20-17-26-24(27-18-20)28-25(21-7-5-4-6-8-21)13-15-29(16-14-25)34(31,32)22-11-9-19(2)10-12-22/h4-12,17-18H,3,13-16H2,1-2H3,(H,26,27,28). The molecule has 1 aliphatic rings. The Morgan fingerprint density at radius 2 is 1.65 bits per heavy atom. The molecule has 2 heterocycles. The molecule has 2 aromatic carbocycles. The van der Waals surface area contributed by atoms with Crippen LogP contribution in [-0.4, -0.2) is 48.4 Å². The number of hydrogen-bond acceptors (Lipinski definition) is 7. The van der Waals surface area contributed by atoms with Crippen molar-refractivity contribution in [2.45, 2.75) is 37.1 Å². The van der Waals surface area contributed by atoms with Gasteiger partial charge in [0.1, 0.15) is 0 Å². The van der Waals surface area contributed by atoms with E-state index in [1.807, 2.05) is 49.4 Å². The summed E-state index contributed by atoms with van der Waals surface area (Å²) in [7, 11) is -3.58. The summed E-state index contributed by atoms with van der Waals surface area (Å²) in [6, 6.07) is 16.8. The number of nitrogens with zero attached hydrogens (tertiary/aromatic N) is 3. The zero-order chi connectivity index (χ0) is 24.2. The highest BCUT2D eigenvalue weighted by molar-refractivity contribution is 7.89. The summed E-state index contributed by atoms with van der Waals surface area (Å²) in [5.74, 6) is -0.104. The predicted molar refractivity (Wildman–Crippen MR) is 129 cm³/mol. The second-order valence-corrected chi connectivity index (χ2v) is 10.2. The molecule has 3 aromatic rings. The molecule has 0 radical (unpaired) electrons. The number of nitrogens with one attached hydrogen (secondary N) is 1. The van der Waals surface area contributed by atoms with Gasteiger partial charge < -0.3 is 10.1 Å². The van der Waals surface area contributed by atoms with Crippen LogP contribution < -0.4 is 5.32 Å². The fourth-order valence-electron chi connectivity index (χ4n) is 4.14. The van der Waals surface area contributed by atoms with Crippen LogP contribution in [0.1, 0.15) is 41.3 Å². The van der Waals surface area contributed by atoms with Crippen LogP contribution in [0.25, 0.3) is 0 Å². The van der Waals surface area contributed by atoms with Gasteiger partial charge in [0.25, 0.3) is 0 Å². The average Bonchev–Trinajstić information content (AvgIpc) is 2.86. The summed E-state index contributed by atoms with van der Waals surface area (Å²) in [6.07, 6.45) is 3.93. The van der Waals surface area contributed by atoms with Crippen molar-refractivity contribution in [3.63, 3.8) is 0 Å². The molecule has 8 nitrogen and oxygen atoms in total. The zero-order valence-corrected chi connectivity index (χ0v) is 20.1. The van der Waals surface area contributed by atoms with Gasteiger partial charge in [-0.05, 0) is 44.4 Å². The molecule has 9 heteroatoms. The van der Waals surface area contributed by atoms with Crippen LogP contribution in [0.5, 0.6) is 0 Å². The van der Waals surface area contributed by atoms with Crippen molar-refractivity contribution in [2.24, 2.45) is 0 Å². The van der Waals surface area contributed by atoms with E-state index in [-0.39, 0.29) is 12.2 Å². The topological polar surface area (TPSA) is 101 Å². The van der Waals surface area contributed by atoms with Crippen molar-refractivity contribution in [1.29, 1.82) is 0 Å². The number of carbonyl (C=O) groups excluding carboxylic acids is 1. The van der Waals surface area contributed by atoms with Gasteiger partial charge in [0, 0.05) is 25.5 Å². The highest BCUT2D eigenvalue weighted by Gasteiger charge is 2.40. The normalized spacial score (nSPS) is 16.1. The SMILES string of the molecule is CCOC(=O)c1cnc(NC2(c3ccccc3)CCN(S(=O)(=O)c3ccc(C)cc3)CC2)nc1. The smallest absolute Gasteiger partial charge is 0.341 e.